The highest BCUT2D eigenvalue weighted by molar-refractivity contribution is 5.79. The van der Waals surface area contributed by atoms with E-state index in [-0.39, 0.29) is 0 Å². The standard InChI is InChI=1S/C20H15FN4O2/c21-17-7-4-13(12-22-17)19-20(25-8-2-1-3-18(25)24-19)23-14-5-6-15-16(11-14)27-10-9-26-15/h1-8,11-12,23H,9-10H2. The predicted molar refractivity (Wildman–Crippen MR) is 99.1 cm³/mol. The Balaban J connectivity index is 1.61. The van der Waals surface area contributed by atoms with Crippen LogP contribution in [-0.4, -0.2) is 27.6 Å². The summed E-state index contributed by atoms with van der Waals surface area (Å²) in [6.07, 6.45) is 3.40. The van der Waals surface area contributed by atoms with Crippen LogP contribution in [0.5, 0.6) is 11.5 Å². The molecule has 3 aromatic heterocycles. The van der Waals surface area contributed by atoms with Crippen LogP contribution in [0, 0.1) is 5.95 Å². The minimum atomic E-state index is -0.524. The molecular formula is C20H15FN4O2. The van der Waals surface area contributed by atoms with E-state index < -0.39 is 5.95 Å². The van der Waals surface area contributed by atoms with Crippen molar-refractivity contribution in [1.82, 2.24) is 14.4 Å². The first kappa shape index (κ1) is 15.6. The van der Waals surface area contributed by atoms with Gasteiger partial charge in [0, 0.05) is 29.7 Å². The zero-order chi connectivity index (χ0) is 18.2. The largest absolute Gasteiger partial charge is 0.486 e. The first-order valence-electron chi connectivity index (χ1n) is 8.54. The maximum Gasteiger partial charge on any atom is 0.212 e. The average molecular weight is 362 g/mol. The smallest absolute Gasteiger partial charge is 0.212 e. The molecule has 7 heteroatoms. The number of fused-ring (bicyclic) bond motifs is 2. The van der Waals surface area contributed by atoms with Gasteiger partial charge in [0.15, 0.2) is 11.5 Å². The summed E-state index contributed by atoms with van der Waals surface area (Å²) in [5, 5.41) is 3.40. The van der Waals surface area contributed by atoms with E-state index in [0.717, 1.165) is 28.5 Å². The second kappa shape index (κ2) is 6.28. The molecular weight excluding hydrogens is 347 g/mol. The first-order valence-corrected chi connectivity index (χ1v) is 8.54. The molecule has 5 rings (SSSR count). The van der Waals surface area contributed by atoms with E-state index in [1.54, 1.807) is 6.07 Å². The Hall–Kier alpha value is -3.61. The van der Waals surface area contributed by atoms with E-state index in [1.807, 2.05) is 47.0 Å². The summed E-state index contributed by atoms with van der Waals surface area (Å²) >= 11 is 0. The van der Waals surface area contributed by atoms with E-state index in [9.17, 15) is 4.39 Å². The number of nitrogens with one attached hydrogen (secondary N) is 1. The summed E-state index contributed by atoms with van der Waals surface area (Å²) in [6.45, 7) is 1.08. The van der Waals surface area contributed by atoms with Crippen LogP contribution in [0.4, 0.5) is 15.9 Å². The average Bonchev–Trinajstić information content (AvgIpc) is 3.07. The van der Waals surface area contributed by atoms with Gasteiger partial charge in [-0.15, -0.1) is 0 Å². The van der Waals surface area contributed by atoms with E-state index in [1.165, 1.54) is 12.3 Å². The normalized spacial score (nSPS) is 12.9. The minimum Gasteiger partial charge on any atom is -0.486 e. The van der Waals surface area contributed by atoms with Crippen molar-refractivity contribution in [3.8, 4) is 22.8 Å². The van der Waals surface area contributed by atoms with Gasteiger partial charge < -0.3 is 14.8 Å². The lowest BCUT2D eigenvalue weighted by molar-refractivity contribution is 0.171. The predicted octanol–water partition coefficient (Wildman–Crippen LogP) is 4.05. The summed E-state index contributed by atoms with van der Waals surface area (Å²) in [4.78, 5) is 8.43. The molecule has 1 aliphatic heterocycles. The molecule has 6 nitrogen and oxygen atoms in total. The number of pyridine rings is 2. The maximum atomic E-state index is 13.2. The van der Waals surface area contributed by atoms with Gasteiger partial charge in [-0.2, -0.15) is 4.39 Å². The van der Waals surface area contributed by atoms with Gasteiger partial charge >= 0.3 is 0 Å². The zero-order valence-electron chi connectivity index (χ0n) is 14.2. The Morgan fingerprint density at radius 3 is 2.74 bits per heavy atom. The maximum absolute atomic E-state index is 13.2. The highest BCUT2D eigenvalue weighted by Crippen LogP contribution is 2.36. The molecule has 1 N–H and O–H groups in total. The number of ether oxygens (including phenoxy) is 2. The molecule has 4 heterocycles. The van der Waals surface area contributed by atoms with Crippen LogP contribution in [-0.2, 0) is 0 Å². The second-order valence-corrected chi connectivity index (χ2v) is 6.09. The van der Waals surface area contributed by atoms with Gasteiger partial charge in [-0.1, -0.05) is 6.07 Å². The monoisotopic (exact) mass is 362 g/mol. The third-order valence-corrected chi connectivity index (χ3v) is 4.34. The van der Waals surface area contributed by atoms with Gasteiger partial charge in [0.2, 0.25) is 5.95 Å². The van der Waals surface area contributed by atoms with Crippen LogP contribution in [0.3, 0.4) is 0 Å². The summed E-state index contributed by atoms with van der Waals surface area (Å²) < 4.78 is 26.4. The third-order valence-electron chi connectivity index (χ3n) is 4.34. The van der Waals surface area contributed by atoms with E-state index in [0.29, 0.717) is 24.7 Å². The Morgan fingerprint density at radius 1 is 1.00 bits per heavy atom. The summed E-state index contributed by atoms with van der Waals surface area (Å²) in [7, 11) is 0. The topological polar surface area (TPSA) is 60.7 Å². The van der Waals surface area contributed by atoms with Crippen molar-refractivity contribution in [2.24, 2.45) is 0 Å². The third kappa shape index (κ3) is 2.83. The summed E-state index contributed by atoms with van der Waals surface area (Å²) in [5.41, 5.74) is 3.02. The SMILES string of the molecule is Fc1ccc(-c2nc3ccccn3c2Nc2ccc3c(c2)OCCO3)cn1. The first-order chi connectivity index (χ1) is 13.3. The molecule has 134 valence electrons. The number of aromatic nitrogens is 3. The van der Waals surface area contributed by atoms with Crippen LogP contribution in [0.1, 0.15) is 0 Å². The van der Waals surface area contributed by atoms with Crippen molar-refractivity contribution in [3.63, 3.8) is 0 Å². The quantitative estimate of drug-likeness (QED) is 0.557. The fourth-order valence-corrected chi connectivity index (χ4v) is 3.09. The summed E-state index contributed by atoms with van der Waals surface area (Å²) in [5.74, 6) is 1.66. The van der Waals surface area contributed by atoms with Gasteiger partial charge in [-0.05, 0) is 36.4 Å². The molecule has 0 radical (unpaired) electrons. The number of nitrogens with zero attached hydrogens (tertiary/aromatic N) is 3. The Morgan fingerprint density at radius 2 is 1.89 bits per heavy atom. The fraction of sp³-hybridized carbons (Fsp3) is 0.100. The van der Waals surface area contributed by atoms with Gasteiger partial charge in [0.1, 0.15) is 30.4 Å². The Bertz CT molecular complexity index is 1120. The molecule has 4 aromatic rings. The molecule has 1 aliphatic rings. The fourth-order valence-electron chi connectivity index (χ4n) is 3.09. The second-order valence-electron chi connectivity index (χ2n) is 6.09. The molecule has 1 aromatic carbocycles. The lowest BCUT2D eigenvalue weighted by Gasteiger charge is -2.19. The number of anilines is 2. The van der Waals surface area contributed by atoms with Crippen LogP contribution in [0.25, 0.3) is 16.9 Å². The number of hydrogen-bond donors (Lipinski definition) is 1. The Labute approximate surface area is 154 Å². The lowest BCUT2D eigenvalue weighted by atomic mass is 10.2. The molecule has 0 saturated heterocycles. The number of imidazole rings is 1. The lowest BCUT2D eigenvalue weighted by Crippen LogP contribution is -2.15. The van der Waals surface area contributed by atoms with Crippen molar-refractivity contribution in [3.05, 3.63) is 66.9 Å². The van der Waals surface area contributed by atoms with Crippen molar-refractivity contribution < 1.29 is 13.9 Å². The number of halogens is 1. The van der Waals surface area contributed by atoms with Gasteiger partial charge in [-0.25, -0.2) is 9.97 Å². The van der Waals surface area contributed by atoms with Crippen molar-refractivity contribution in [2.45, 2.75) is 0 Å². The van der Waals surface area contributed by atoms with Crippen molar-refractivity contribution >= 4 is 17.2 Å². The summed E-state index contributed by atoms with van der Waals surface area (Å²) in [6, 6.07) is 14.4. The molecule has 0 fully saturated rings. The molecule has 0 aliphatic carbocycles. The molecule has 0 spiro atoms. The Kier molecular flexibility index (Phi) is 3.64. The minimum absolute atomic E-state index is 0.524. The number of hydrogen-bond acceptors (Lipinski definition) is 5. The van der Waals surface area contributed by atoms with Crippen LogP contribution in [0.2, 0.25) is 0 Å². The number of rotatable bonds is 3. The molecule has 0 bridgehead atoms. The highest BCUT2D eigenvalue weighted by atomic mass is 19.1. The van der Waals surface area contributed by atoms with E-state index in [2.05, 4.69) is 15.3 Å². The van der Waals surface area contributed by atoms with Crippen LogP contribution >= 0.6 is 0 Å². The zero-order valence-corrected chi connectivity index (χ0v) is 14.2. The van der Waals surface area contributed by atoms with Gasteiger partial charge in [0.05, 0.1) is 0 Å². The van der Waals surface area contributed by atoms with Crippen LogP contribution in [0.15, 0.2) is 60.9 Å². The van der Waals surface area contributed by atoms with E-state index in [4.69, 9.17) is 9.47 Å². The van der Waals surface area contributed by atoms with Crippen molar-refractivity contribution in [2.75, 3.05) is 18.5 Å². The van der Waals surface area contributed by atoms with E-state index >= 15 is 0 Å². The molecule has 0 saturated carbocycles. The van der Waals surface area contributed by atoms with Gasteiger partial charge in [0.25, 0.3) is 0 Å². The van der Waals surface area contributed by atoms with Crippen molar-refractivity contribution in [1.29, 1.82) is 0 Å². The van der Waals surface area contributed by atoms with Crippen LogP contribution < -0.4 is 14.8 Å². The molecule has 0 unspecified atom stereocenters. The molecule has 27 heavy (non-hydrogen) atoms. The molecule has 0 atom stereocenters. The molecule has 0 amide bonds. The highest BCUT2D eigenvalue weighted by Gasteiger charge is 2.17. The van der Waals surface area contributed by atoms with Gasteiger partial charge in [-0.3, -0.25) is 4.40 Å². The number of benzene rings is 1.